The lowest BCUT2D eigenvalue weighted by molar-refractivity contribution is -0.00801. The molecule has 0 radical (unpaired) electrons. The Morgan fingerprint density at radius 2 is 2.18 bits per heavy atom. The van der Waals surface area contributed by atoms with Gasteiger partial charge in [-0.15, -0.1) is 0 Å². The Morgan fingerprint density at radius 3 is 3.00 bits per heavy atom. The van der Waals surface area contributed by atoms with Gasteiger partial charge in [0.2, 0.25) is 0 Å². The predicted molar refractivity (Wildman–Crippen MR) is 110 cm³/mol. The smallest absolute Gasteiger partial charge is 0.193 e. The second-order valence-corrected chi connectivity index (χ2v) is 6.97. The maximum absolute atomic E-state index is 5.93. The first kappa shape index (κ1) is 18.4. The Hall–Kier alpha value is -2.93. The van der Waals surface area contributed by atoms with Gasteiger partial charge in [0.15, 0.2) is 5.96 Å². The number of aliphatic imine (C=N–C) groups is 1. The summed E-state index contributed by atoms with van der Waals surface area (Å²) in [6, 6.07) is 12.4. The number of para-hydroxylation sites is 1. The first-order valence-electron chi connectivity index (χ1n) is 9.63. The van der Waals surface area contributed by atoms with E-state index in [1.807, 2.05) is 38.6 Å². The molecule has 1 aromatic carbocycles. The minimum atomic E-state index is 0.0168. The van der Waals surface area contributed by atoms with Crippen molar-refractivity contribution in [3.63, 3.8) is 0 Å². The molecular formula is C21H26N6O. The van der Waals surface area contributed by atoms with Gasteiger partial charge in [0.05, 0.1) is 24.9 Å². The van der Waals surface area contributed by atoms with Gasteiger partial charge in [-0.3, -0.25) is 14.7 Å². The normalized spacial score (nSPS) is 17.9. The van der Waals surface area contributed by atoms with Gasteiger partial charge in [-0.25, -0.2) is 0 Å². The molecule has 4 rings (SSSR count). The lowest BCUT2D eigenvalue weighted by Gasteiger charge is -2.34. The first-order chi connectivity index (χ1) is 13.7. The molecular weight excluding hydrogens is 352 g/mol. The molecule has 1 fully saturated rings. The molecule has 0 spiro atoms. The highest BCUT2D eigenvalue weighted by atomic mass is 16.5. The van der Waals surface area contributed by atoms with Gasteiger partial charge in [-0.1, -0.05) is 24.3 Å². The monoisotopic (exact) mass is 378 g/mol. The van der Waals surface area contributed by atoms with E-state index in [4.69, 9.17) is 9.72 Å². The topological polar surface area (TPSA) is 67.6 Å². The number of hydrogen-bond donors (Lipinski definition) is 1. The summed E-state index contributed by atoms with van der Waals surface area (Å²) >= 11 is 0. The van der Waals surface area contributed by atoms with Crippen molar-refractivity contribution in [1.29, 1.82) is 0 Å². The van der Waals surface area contributed by atoms with Crippen LogP contribution < -0.4 is 5.32 Å². The average Bonchev–Trinajstić information content (AvgIpc) is 3.17. The van der Waals surface area contributed by atoms with Crippen molar-refractivity contribution in [3.05, 3.63) is 60.0 Å². The van der Waals surface area contributed by atoms with Crippen molar-refractivity contribution >= 4 is 16.9 Å². The Bertz CT molecular complexity index is 966. The molecule has 146 valence electrons. The highest BCUT2D eigenvalue weighted by molar-refractivity contribution is 5.80. The second-order valence-electron chi connectivity index (χ2n) is 6.97. The molecule has 0 amide bonds. The van der Waals surface area contributed by atoms with Crippen LogP contribution in [0.15, 0.2) is 53.8 Å². The molecule has 1 unspecified atom stereocenters. The summed E-state index contributed by atoms with van der Waals surface area (Å²) in [5, 5.41) is 8.90. The third kappa shape index (κ3) is 4.14. The Morgan fingerprint density at radius 1 is 1.29 bits per heavy atom. The molecule has 1 atom stereocenters. The van der Waals surface area contributed by atoms with E-state index in [1.54, 1.807) is 4.68 Å². The molecule has 0 aliphatic carbocycles. The zero-order valence-electron chi connectivity index (χ0n) is 16.4. The third-order valence-electron chi connectivity index (χ3n) is 4.99. The number of guanidine groups is 1. The van der Waals surface area contributed by atoms with Crippen molar-refractivity contribution in [2.24, 2.45) is 12.0 Å². The number of pyridine rings is 1. The molecule has 0 saturated carbocycles. The van der Waals surface area contributed by atoms with Gasteiger partial charge in [0, 0.05) is 56.4 Å². The van der Waals surface area contributed by atoms with Crippen LogP contribution in [0.2, 0.25) is 0 Å². The van der Waals surface area contributed by atoms with Crippen LogP contribution in [0, 0.1) is 0 Å². The second kappa shape index (κ2) is 8.39. The fraction of sp³-hybridized carbons (Fsp3) is 0.381. The van der Waals surface area contributed by atoms with Crippen LogP contribution >= 0.6 is 0 Å². The van der Waals surface area contributed by atoms with E-state index in [-0.39, 0.29) is 6.10 Å². The number of rotatable bonds is 4. The summed E-state index contributed by atoms with van der Waals surface area (Å²) < 4.78 is 7.74. The number of nitrogens with one attached hydrogen (secondary N) is 1. The zero-order chi connectivity index (χ0) is 19.3. The summed E-state index contributed by atoms with van der Waals surface area (Å²) in [6.07, 6.45) is 4.74. The number of hydrogen-bond acceptors (Lipinski definition) is 4. The average molecular weight is 378 g/mol. The van der Waals surface area contributed by atoms with Gasteiger partial charge in [-0.2, -0.15) is 5.10 Å². The van der Waals surface area contributed by atoms with E-state index in [2.05, 4.69) is 44.6 Å². The van der Waals surface area contributed by atoms with Crippen LogP contribution in [0.3, 0.4) is 0 Å². The molecule has 1 N–H and O–H groups in total. The maximum atomic E-state index is 5.93. The van der Waals surface area contributed by atoms with Crippen molar-refractivity contribution in [2.75, 3.05) is 33.3 Å². The Labute approximate surface area is 165 Å². The molecule has 2 aromatic heterocycles. The minimum absolute atomic E-state index is 0.0168. The standard InChI is InChI=1S/C21H26N6O/c1-22-21(27-11-12-28-20(15-27)17-13-24-26(2)14-17)23-10-9-18-8-7-16-5-3-4-6-19(16)25-18/h3-8,13-14,20H,9-12,15H2,1-2H3,(H,22,23). The van der Waals surface area contributed by atoms with E-state index in [1.165, 1.54) is 5.39 Å². The summed E-state index contributed by atoms with van der Waals surface area (Å²) in [5.41, 5.74) is 3.22. The van der Waals surface area contributed by atoms with Crippen molar-refractivity contribution in [3.8, 4) is 0 Å². The molecule has 7 heteroatoms. The number of ether oxygens (including phenoxy) is 1. The first-order valence-corrected chi connectivity index (χ1v) is 9.63. The summed E-state index contributed by atoms with van der Waals surface area (Å²) in [4.78, 5) is 11.4. The van der Waals surface area contributed by atoms with E-state index >= 15 is 0 Å². The van der Waals surface area contributed by atoms with Crippen LogP contribution in [-0.2, 0) is 18.2 Å². The summed E-state index contributed by atoms with van der Waals surface area (Å²) in [7, 11) is 3.75. The van der Waals surface area contributed by atoms with Crippen LogP contribution in [-0.4, -0.2) is 58.9 Å². The van der Waals surface area contributed by atoms with E-state index in [9.17, 15) is 0 Å². The van der Waals surface area contributed by atoms with Crippen molar-refractivity contribution < 1.29 is 4.74 Å². The SMILES string of the molecule is CN=C(NCCc1ccc2ccccc2n1)N1CCOC(c2cnn(C)c2)C1. The van der Waals surface area contributed by atoms with Crippen LogP contribution in [0.5, 0.6) is 0 Å². The Balaban J connectivity index is 1.34. The minimum Gasteiger partial charge on any atom is -0.370 e. The zero-order valence-corrected chi connectivity index (χ0v) is 16.4. The Kier molecular flexibility index (Phi) is 5.53. The van der Waals surface area contributed by atoms with E-state index in [0.717, 1.165) is 48.8 Å². The lowest BCUT2D eigenvalue weighted by Crippen LogP contribution is -2.48. The largest absolute Gasteiger partial charge is 0.370 e. The number of morpholine rings is 1. The maximum Gasteiger partial charge on any atom is 0.193 e. The molecule has 28 heavy (non-hydrogen) atoms. The number of aromatic nitrogens is 3. The molecule has 1 aliphatic rings. The molecule has 0 bridgehead atoms. The molecule has 1 aliphatic heterocycles. The molecule has 3 aromatic rings. The highest BCUT2D eigenvalue weighted by Gasteiger charge is 2.25. The van der Waals surface area contributed by atoms with Crippen LogP contribution in [0.4, 0.5) is 0 Å². The van der Waals surface area contributed by atoms with E-state index < -0.39 is 0 Å². The van der Waals surface area contributed by atoms with Gasteiger partial charge in [0.1, 0.15) is 6.10 Å². The van der Waals surface area contributed by atoms with Crippen molar-refractivity contribution in [2.45, 2.75) is 12.5 Å². The van der Waals surface area contributed by atoms with E-state index in [0.29, 0.717) is 6.61 Å². The fourth-order valence-electron chi connectivity index (χ4n) is 3.53. The highest BCUT2D eigenvalue weighted by Crippen LogP contribution is 2.21. The lowest BCUT2D eigenvalue weighted by atomic mass is 10.1. The number of fused-ring (bicyclic) bond motifs is 1. The number of benzene rings is 1. The van der Waals surface area contributed by atoms with Gasteiger partial charge in [-0.05, 0) is 12.1 Å². The van der Waals surface area contributed by atoms with Gasteiger partial charge in [0.25, 0.3) is 0 Å². The van der Waals surface area contributed by atoms with Crippen LogP contribution in [0.25, 0.3) is 10.9 Å². The van der Waals surface area contributed by atoms with Crippen molar-refractivity contribution in [1.82, 2.24) is 25.0 Å². The fourth-order valence-corrected chi connectivity index (χ4v) is 3.53. The molecule has 7 nitrogen and oxygen atoms in total. The predicted octanol–water partition coefficient (Wildman–Crippen LogP) is 2.16. The molecule has 3 heterocycles. The van der Waals surface area contributed by atoms with Gasteiger partial charge < -0.3 is 15.0 Å². The third-order valence-corrected chi connectivity index (χ3v) is 4.99. The molecule has 1 saturated heterocycles. The van der Waals surface area contributed by atoms with Gasteiger partial charge >= 0.3 is 0 Å². The number of aryl methyl sites for hydroxylation is 1. The quantitative estimate of drug-likeness (QED) is 0.557. The summed E-state index contributed by atoms with van der Waals surface area (Å²) in [5.74, 6) is 0.901. The summed E-state index contributed by atoms with van der Waals surface area (Å²) in [6.45, 7) is 3.05. The van der Waals surface area contributed by atoms with Crippen LogP contribution in [0.1, 0.15) is 17.4 Å². The number of nitrogens with zero attached hydrogens (tertiary/aromatic N) is 5.